The van der Waals surface area contributed by atoms with Crippen molar-refractivity contribution in [2.45, 2.75) is 49.8 Å². The molecule has 0 spiro atoms. The number of sulfonamides is 1. The van der Waals surface area contributed by atoms with Crippen LogP contribution in [0.5, 0.6) is 0 Å². The van der Waals surface area contributed by atoms with E-state index in [2.05, 4.69) is 14.7 Å². The summed E-state index contributed by atoms with van der Waals surface area (Å²) in [6, 6.07) is -1.16. The second kappa shape index (κ2) is 6.36. The van der Waals surface area contributed by atoms with E-state index in [0.717, 1.165) is 19.3 Å². The molecule has 0 amide bonds. The minimum Gasteiger partial charge on any atom is -0.480 e. The lowest BCUT2D eigenvalue weighted by Crippen LogP contribution is -2.46. The van der Waals surface area contributed by atoms with E-state index in [1.807, 2.05) is 0 Å². The van der Waals surface area contributed by atoms with Gasteiger partial charge in [0.1, 0.15) is 6.04 Å². The van der Waals surface area contributed by atoms with Gasteiger partial charge < -0.3 is 10.1 Å². The van der Waals surface area contributed by atoms with Gasteiger partial charge in [-0.2, -0.15) is 0 Å². The number of aliphatic carboxylic acids is 1. The molecular weight excluding hydrogens is 282 g/mol. The molecule has 1 aromatic rings. The topological polar surface area (TPSA) is 112 Å². The summed E-state index contributed by atoms with van der Waals surface area (Å²) in [5.41, 5.74) is 0.587. The molecule has 1 aromatic heterocycles. The Morgan fingerprint density at radius 1 is 1.45 bits per heavy atom. The Hall–Kier alpha value is -1.41. The summed E-state index contributed by atoms with van der Waals surface area (Å²) in [5.74, 6) is -1.18. The molecule has 1 fully saturated rings. The van der Waals surface area contributed by atoms with Crippen molar-refractivity contribution in [1.82, 2.24) is 14.7 Å². The molecule has 2 rings (SSSR count). The third-order valence-electron chi connectivity index (χ3n) is 3.57. The molecule has 7 nitrogen and oxygen atoms in total. The zero-order chi connectivity index (χ0) is 14.6. The molecule has 20 heavy (non-hydrogen) atoms. The molecule has 0 aromatic carbocycles. The van der Waals surface area contributed by atoms with Crippen LogP contribution < -0.4 is 4.72 Å². The number of imidazole rings is 1. The first-order valence-electron chi connectivity index (χ1n) is 6.70. The largest absolute Gasteiger partial charge is 0.480 e. The molecule has 1 aliphatic rings. The van der Waals surface area contributed by atoms with Crippen LogP contribution in [-0.2, 0) is 21.2 Å². The zero-order valence-electron chi connectivity index (χ0n) is 11.1. The van der Waals surface area contributed by atoms with Gasteiger partial charge in [0.25, 0.3) is 0 Å². The number of nitrogens with zero attached hydrogens (tertiary/aromatic N) is 1. The standard InChI is InChI=1S/C12H19N3O4S/c16-12(17)11(6-9-7-13-8-14-9)15-20(18,19)10-4-2-1-3-5-10/h7-8,10-11,15H,1-6H2,(H,13,14)(H,16,17)/t11-/m1/s1. The number of aromatic nitrogens is 2. The van der Waals surface area contributed by atoms with Gasteiger partial charge in [-0.1, -0.05) is 19.3 Å². The smallest absolute Gasteiger partial charge is 0.322 e. The molecule has 0 radical (unpaired) electrons. The average molecular weight is 301 g/mol. The fourth-order valence-electron chi connectivity index (χ4n) is 2.47. The first-order chi connectivity index (χ1) is 9.49. The van der Waals surface area contributed by atoms with Crippen molar-refractivity contribution >= 4 is 16.0 Å². The van der Waals surface area contributed by atoms with Crippen molar-refractivity contribution in [3.05, 3.63) is 18.2 Å². The summed E-state index contributed by atoms with van der Waals surface area (Å²) in [4.78, 5) is 17.8. The van der Waals surface area contributed by atoms with Gasteiger partial charge in [0, 0.05) is 18.3 Å². The molecule has 3 N–H and O–H groups in total. The number of rotatable bonds is 6. The summed E-state index contributed by atoms with van der Waals surface area (Å²) in [6.07, 6.45) is 6.99. The van der Waals surface area contributed by atoms with Gasteiger partial charge in [-0.25, -0.2) is 18.1 Å². The number of carboxylic acids is 1. The Morgan fingerprint density at radius 3 is 2.70 bits per heavy atom. The van der Waals surface area contributed by atoms with Gasteiger partial charge in [0.2, 0.25) is 10.0 Å². The monoisotopic (exact) mass is 301 g/mol. The lowest BCUT2D eigenvalue weighted by atomic mass is 10.0. The number of aromatic amines is 1. The highest BCUT2D eigenvalue weighted by Crippen LogP contribution is 2.23. The maximum atomic E-state index is 12.2. The number of nitrogens with one attached hydrogen (secondary N) is 2. The van der Waals surface area contributed by atoms with Gasteiger partial charge >= 0.3 is 5.97 Å². The van der Waals surface area contributed by atoms with Gasteiger partial charge in [0.05, 0.1) is 11.6 Å². The van der Waals surface area contributed by atoms with E-state index in [0.29, 0.717) is 18.5 Å². The number of hydrogen-bond acceptors (Lipinski definition) is 4. The van der Waals surface area contributed by atoms with Gasteiger partial charge in [-0.3, -0.25) is 4.79 Å². The quantitative estimate of drug-likeness (QED) is 0.714. The minimum absolute atomic E-state index is 0.0568. The summed E-state index contributed by atoms with van der Waals surface area (Å²) < 4.78 is 26.8. The third-order valence-corrected chi connectivity index (χ3v) is 5.54. The Morgan fingerprint density at radius 2 is 2.15 bits per heavy atom. The molecule has 0 bridgehead atoms. The number of H-pyrrole nitrogens is 1. The van der Waals surface area contributed by atoms with E-state index in [1.54, 1.807) is 0 Å². The summed E-state index contributed by atoms with van der Waals surface area (Å²) >= 11 is 0. The van der Waals surface area contributed by atoms with Crippen molar-refractivity contribution in [1.29, 1.82) is 0 Å². The summed E-state index contributed by atoms with van der Waals surface area (Å²) in [6.45, 7) is 0. The van der Waals surface area contributed by atoms with E-state index >= 15 is 0 Å². The SMILES string of the molecule is O=C(O)[C@@H](Cc1cnc[nH]1)NS(=O)(=O)C1CCCCC1. The lowest BCUT2D eigenvalue weighted by molar-refractivity contribution is -0.138. The number of carbonyl (C=O) groups is 1. The van der Waals surface area contributed by atoms with Crippen molar-refractivity contribution in [3.63, 3.8) is 0 Å². The average Bonchev–Trinajstić information content (AvgIpc) is 2.91. The second-order valence-electron chi connectivity index (χ2n) is 5.09. The first-order valence-corrected chi connectivity index (χ1v) is 8.25. The molecular formula is C12H19N3O4S. The highest BCUT2D eigenvalue weighted by atomic mass is 32.2. The fraction of sp³-hybridized carbons (Fsp3) is 0.667. The van der Waals surface area contributed by atoms with Crippen LogP contribution in [0.3, 0.4) is 0 Å². The van der Waals surface area contributed by atoms with Crippen molar-refractivity contribution in [3.8, 4) is 0 Å². The van der Waals surface area contributed by atoms with Crippen LogP contribution in [0.1, 0.15) is 37.8 Å². The van der Waals surface area contributed by atoms with Gasteiger partial charge in [0.15, 0.2) is 0 Å². The van der Waals surface area contributed by atoms with Crippen LogP contribution in [0.25, 0.3) is 0 Å². The van der Waals surface area contributed by atoms with E-state index in [4.69, 9.17) is 0 Å². The van der Waals surface area contributed by atoms with Crippen LogP contribution in [0.4, 0.5) is 0 Å². The molecule has 112 valence electrons. The molecule has 0 unspecified atom stereocenters. The summed E-state index contributed by atoms with van der Waals surface area (Å²) in [5, 5.41) is 8.70. The van der Waals surface area contributed by atoms with Crippen molar-refractivity contribution in [2.24, 2.45) is 0 Å². The fourth-order valence-corrected chi connectivity index (χ4v) is 4.19. The highest BCUT2D eigenvalue weighted by molar-refractivity contribution is 7.90. The van der Waals surface area contributed by atoms with E-state index in [1.165, 1.54) is 12.5 Å². The minimum atomic E-state index is -3.60. The predicted octanol–water partition coefficient (Wildman–Crippen LogP) is 0.657. The second-order valence-corrected chi connectivity index (χ2v) is 7.09. The van der Waals surface area contributed by atoms with Gasteiger partial charge in [-0.15, -0.1) is 0 Å². The lowest BCUT2D eigenvalue weighted by Gasteiger charge is -2.24. The normalized spacial score (nSPS) is 18.8. The molecule has 1 atom stereocenters. The van der Waals surface area contributed by atoms with Crippen LogP contribution in [0.2, 0.25) is 0 Å². The molecule has 0 aliphatic heterocycles. The summed E-state index contributed by atoms with van der Waals surface area (Å²) in [7, 11) is -3.60. The maximum absolute atomic E-state index is 12.2. The Balaban J connectivity index is 2.05. The Labute approximate surface area is 117 Å². The molecule has 1 saturated carbocycles. The molecule has 1 heterocycles. The molecule has 8 heteroatoms. The Kier molecular flexibility index (Phi) is 4.77. The number of carboxylic acid groups (broad SMARTS) is 1. The van der Waals surface area contributed by atoms with E-state index in [-0.39, 0.29) is 6.42 Å². The van der Waals surface area contributed by atoms with E-state index in [9.17, 15) is 18.3 Å². The molecule has 1 aliphatic carbocycles. The van der Waals surface area contributed by atoms with Crippen LogP contribution in [0, 0.1) is 0 Å². The molecule has 0 saturated heterocycles. The predicted molar refractivity (Wildman–Crippen MR) is 72.6 cm³/mol. The highest BCUT2D eigenvalue weighted by Gasteiger charge is 2.32. The van der Waals surface area contributed by atoms with Crippen LogP contribution in [-0.4, -0.2) is 40.8 Å². The van der Waals surface area contributed by atoms with Crippen LogP contribution >= 0.6 is 0 Å². The maximum Gasteiger partial charge on any atom is 0.322 e. The van der Waals surface area contributed by atoms with Crippen molar-refractivity contribution < 1.29 is 18.3 Å². The third kappa shape index (κ3) is 3.80. The van der Waals surface area contributed by atoms with Crippen LogP contribution in [0.15, 0.2) is 12.5 Å². The Bertz CT molecular complexity index is 535. The van der Waals surface area contributed by atoms with Gasteiger partial charge in [-0.05, 0) is 12.8 Å². The first kappa shape index (κ1) is 15.0. The zero-order valence-corrected chi connectivity index (χ0v) is 11.9. The number of hydrogen-bond donors (Lipinski definition) is 3. The van der Waals surface area contributed by atoms with E-state index < -0.39 is 27.3 Å². The van der Waals surface area contributed by atoms with Crippen molar-refractivity contribution in [2.75, 3.05) is 0 Å².